The largest absolute Gasteiger partial charge is 0.497 e. The van der Waals surface area contributed by atoms with Gasteiger partial charge in [-0.15, -0.1) is 11.3 Å². The summed E-state index contributed by atoms with van der Waals surface area (Å²) in [5.41, 5.74) is 0.766. The van der Waals surface area contributed by atoms with Gasteiger partial charge in [-0.05, 0) is 66.0 Å². The molecule has 0 spiro atoms. The number of thiophene rings is 1. The molecule has 1 amide bonds. The molecule has 0 saturated heterocycles. The van der Waals surface area contributed by atoms with Crippen molar-refractivity contribution < 1.29 is 22.4 Å². The third kappa shape index (κ3) is 5.16. The van der Waals surface area contributed by atoms with E-state index in [0.717, 1.165) is 4.88 Å². The number of rotatable bonds is 9. The number of furan rings is 1. The van der Waals surface area contributed by atoms with Gasteiger partial charge in [-0.3, -0.25) is 9.10 Å². The minimum Gasteiger partial charge on any atom is -0.497 e. The van der Waals surface area contributed by atoms with E-state index in [1.807, 2.05) is 17.5 Å². The second-order valence-electron chi connectivity index (χ2n) is 7.52. The van der Waals surface area contributed by atoms with E-state index in [1.165, 1.54) is 23.5 Å². The van der Waals surface area contributed by atoms with Crippen molar-refractivity contribution >= 4 is 33.0 Å². The van der Waals surface area contributed by atoms with Crippen LogP contribution in [0.3, 0.4) is 0 Å². The molecule has 4 rings (SSSR count). The first-order chi connectivity index (χ1) is 16.4. The van der Waals surface area contributed by atoms with Crippen LogP contribution in [0.5, 0.6) is 5.75 Å². The molecule has 0 bridgehead atoms. The van der Waals surface area contributed by atoms with E-state index in [2.05, 4.69) is 0 Å². The Hall–Kier alpha value is -3.56. The molecule has 0 N–H and O–H groups in total. The zero-order chi connectivity index (χ0) is 24.1. The van der Waals surface area contributed by atoms with Gasteiger partial charge in [0.05, 0.1) is 37.0 Å². The van der Waals surface area contributed by atoms with Crippen LogP contribution in [0.2, 0.25) is 0 Å². The highest BCUT2D eigenvalue weighted by Gasteiger charge is 2.24. The van der Waals surface area contributed by atoms with Gasteiger partial charge < -0.3 is 14.1 Å². The maximum absolute atomic E-state index is 13.5. The lowest BCUT2D eigenvalue weighted by atomic mass is 10.2. The van der Waals surface area contributed by atoms with Crippen LogP contribution in [0, 0.1) is 0 Å². The highest BCUT2D eigenvalue weighted by Crippen LogP contribution is 2.25. The molecule has 2 aromatic carbocycles. The number of nitrogens with zero attached hydrogens (tertiary/aromatic N) is 2. The average Bonchev–Trinajstić information content (AvgIpc) is 3.57. The lowest BCUT2D eigenvalue weighted by Gasteiger charge is -2.23. The Morgan fingerprint density at radius 2 is 1.79 bits per heavy atom. The predicted octanol–water partition coefficient (Wildman–Crippen LogP) is 5.02. The predicted molar refractivity (Wildman–Crippen MR) is 132 cm³/mol. The van der Waals surface area contributed by atoms with Gasteiger partial charge in [0.1, 0.15) is 11.5 Å². The molecule has 0 unspecified atom stereocenters. The minimum absolute atomic E-state index is 0.0331. The normalized spacial score (nSPS) is 11.2. The Kier molecular flexibility index (Phi) is 7.04. The molecule has 0 aliphatic carbocycles. The van der Waals surface area contributed by atoms with Crippen LogP contribution in [-0.4, -0.2) is 33.4 Å². The lowest BCUT2D eigenvalue weighted by Crippen LogP contribution is -2.30. The average molecular weight is 497 g/mol. The van der Waals surface area contributed by atoms with Crippen molar-refractivity contribution in [3.63, 3.8) is 0 Å². The SMILES string of the molecule is COc1ccc(N(C)S(=O)(=O)c2cccc(C(=O)N(Cc3ccco3)Cc3cccs3)c2)cc1. The van der Waals surface area contributed by atoms with Gasteiger partial charge in [0.2, 0.25) is 0 Å². The summed E-state index contributed by atoms with van der Waals surface area (Å²) in [5.74, 6) is 0.992. The van der Waals surface area contributed by atoms with Gasteiger partial charge in [-0.25, -0.2) is 8.42 Å². The summed E-state index contributed by atoms with van der Waals surface area (Å²) >= 11 is 1.55. The van der Waals surface area contributed by atoms with E-state index in [9.17, 15) is 13.2 Å². The van der Waals surface area contributed by atoms with Gasteiger partial charge in [0, 0.05) is 17.5 Å². The molecule has 4 aromatic rings. The van der Waals surface area contributed by atoms with Crippen LogP contribution in [-0.2, 0) is 23.1 Å². The zero-order valence-corrected chi connectivity index (χ0v) is 20.4. The van der Waals surface area contributed by atoms with Crippen LogP contribution in [0.25, 0.3) is 0 Å². The maximum Gasteiger partial charge on any atom is 0.264 e. The molecule has 0 atom stereocenters. The van der Waals surface area contributed by atoms with Crippen LogP contribution in [0.1, 0.15) is 21.0 Å². The van der Waals surface area contributed by atoms with Gasteiger partial charge in [-0.2, -0.15) is 0 Å². The van der Waals surface area contributed by atoms with Crippen molar-refractivity contribution in [1.29, 1.82) is 0 Å². The fraction of sp³-hybridized carbons (Fsp3) is 0.160. The van der Waals surface area contributed by atoms with Gasteiger partial charge >= 0.3 is 0 Å². The van der Waals surface area contributed by atoms with Crippen molar-refractivity contribution in [1.82, 2.24) is 4.90 Å². The third-order valence-electron chi connectivity index (χ3n) is 5.32. The molecule has 7 nitrogen and oxygen atoms in total. The van der Waals surface area contributed by atoms with Gasteiger partial charge in [0.25, 0.3) is 15.9 Å². The van der Waals surface area contributed by atoms with Crippen LogP contribution >= 0.6 is 11.3 Å². The van der Waals surface area contributed by atoms with Crippen LogP contribution < -0.4 is 9.04 Å². The molecule has 0 fully saturated rings. The van der Waals surface area contributed by atoms with E-state index < -0.39 is 10.0 Å². The summed E-state index contributed by atoms with van der Waals surface area (Å²) in [6.07, 6.45) is 1.56. The molecule has 34 heavy (non-hydrogen) atoms. The van der Waals surface area contributed by atoms with Crippen molar-refractivity contribution in [2.75, 3.05) is 18.5 Å². The number of methoxy groups -OCH3 is 1. The van der Waals surface area contributed by atoms with E-state index in [4.69, 9.17) is 9.15 Å². The van der Waals surface area contributed by atoms with Crippen LogP contribution in [0.15, 0.2) is 93.8 Å². The molecule has 0 aliphatic heterocycles. The number of carbonyl (C=O) groups excluding carboxylic acids is 1. The molecular formula is C25H24N2O5S2. The smallest absolute Gasteiger partial charge is 0.264 e. The number of benzene rings is 2. The topological polar surface area (TPSA) is 80.1 Å². The quantitative estimate of drug-likeness (QED) is 0.325. The number of ether oxygens (including phenoxy) is 1. The van der Waals surface area contributed by atoms with Crippen molar-refractivity contribution in [3.8, 4) is 5.75 Å². The molecule has 2 aromatic heterocycles. The van der Waals surface area contributed by atoms with Crippen molar-refractivity contribution in [3.05, 3.63) is 101 Å². The highest BCUT2D eigenvalue weighted by molar-refractivity contribution is 7.92. The highest BCUT2D eigenvalue weighted by atomic mass is 32.2. The molecule has 176 valence electrons. The fourth-order valence-electron chi connectivity index (χ4n) is 3.44. The third-order valence-corrected chi connectivity index (χ3v) is 7.96. The second kappa shape index (κ2) is 10.1. The lowest BCUT2D eigenvalue weighted by molar-refractivity contribution is 0.0719. The first kappa shape index (κ1) is 23.6. The summed E-state index contributed by atoms with van der Waals surface area (Å²) in [4.78, 5) is 16.1. The summed E-state index contributed by atoms with van der Waals surface area (Å²) in [6.45, 7) is 0.659. The zero-order valence-electron chi connectivity index (χ0n) is 18.7. The molecule has 2 heterocycles. The number of carbonyl (C=O) groups is 1. The number of amides is 1. The molecule has 0 aliphatic rings. The van der Waals surface area contributed by atoms with Gasteiger partial charge in [-0.1, -0.05) is 12.1 Å². The number of anilines is 1. The second-order valence-corrected chi connectivity index (χ2v) is 10.5. The van der Waals surface area contributed by atoms with E-state index in [0.29, 0.717) is 23.7 Å². The first-order valence-corrected chi connectivity index (χ1v) is 12.8. The van der Waals surface area contributed by atoms with Crippen molar-refractivity contribution in [2.24, 2.45) is 0 Å². The van der Waals surface area contributed by atoms with E-state index in [1.54, 1.807) is 78.1 Å². The van der Waals surface area contributed by atoms with Crippen molar-refractivity contribution in [2.45, 2.75) is 18.0 Å². The first-order valence-electron chi connectivity index (χ1n) is 10.5. The number of sulfonamides is 1. The number of hydrogen-bond donors (Lipinski definition) is 0. The molecule has 0 saturated carbocycles. The summed E-state index contributed by atoms with van der Waals surface area (Å²) in [5, 5.41) is 1.95. The monoisotopic (exact) mass is 496 g/mol. The summed E-state index contributed by atoms with van der Waals surface area (Å²) in [7, 11) is -0.863. The van der Waals surface area contributed by atoms with E-state index in [-0.39, 0.29) is 22.9 Å². The summed E-state index contributed by atoms with van der Waals surface area (Å²) < 4.78 is 38.4. The maximum atomic E-state index is 13.5. The van der Waals surface area contributed by atoms with Crippen LogP contribution in [0.4, 0.5) is 5.69 Å². The number of hydrogen-bond acceptors (Lipinski definition) is 6. The Balaban J connectivity index is 1.61. The molecular weight excluding hydrogens is 472 g/mol. The molecule has 0 radical (unpaired) electrons. The van der Waals surface area contributed by atoms with Gasteiger partial charge in [0.15, 0.2) is 0 Å². The summed E-state index contributed by atoms with van der Waals surface area (Å²) in [6, 6.07) is 20.3. The Morgan fingerprint density at radius 3 is 2.44 bits per heavy atom. The minimum atomic E-state index is -3.89. The van der Waals surface area contributed by atoms with E-state index >= 15 is 0 Å². The molecule has 9 heteroatoms. The Bertz CT molecular complexity index is 1300. The Labute approximate surface area is 202 Å². The Morgan fingerprint density at radius 1 is 1.00 bits per heavy atom. The standard InChI is InChI=1S/C25H24N2O5S2/c1-26(20-10-12-21(31-2)13-11-20)34(29,30)24-9-3-6-19(16-24)25(28)27(17-22-7-4-14-32-22)18-23-8-5-15-33-23/h3-16H,17-18H2,1-2H3. The fourth-order valence-corrected chi connectivity index (χ4v) is 5.40.